The highest BCUT2D eigenvalue weighted by molar-refractivity contribution is 5.72. The van der Waals surface area contributed by atoms with Crippen LogP contribution in [-0.4, -0.2) is 24.4 Å². The van der Waals surface area contributed by atoms with E-state index in [9.17, 15) is 14.4 Å². The SMILES string of the molecule is CCC(=O)OC(OC(=O)CC)OC(=O)CC. The molecular weight excluding hydrogens is 216 g/mol. The lowest BCUT2D eigenvalue weighted by atomic mass is 10.5. The fourth-order valence-electron chi connectivity index (χ4n) is 0.644. The predicted octanol–water partition coefficient (Wildman–Crippen LogP) is 1.13. The lowest BCUT2D eigenvalue weighted by Gasteiger charge is -2.16. The highest BCUT2D eigenvalue weighted by Crippen LogP contribution is 2.04. The van der Waals surface area contributed by atoms with Gasteiger partial charge in [-0.15, -0.1) is 0 Å². The third kappa shape index (κ3) is 6.00. The van der Waals surface area contributed by atoms with E-state index in [0.29, 0.717) is 0 Å². The molecule has 0 unspecified atom stereocenters. The summed E-state index contributed by atoms with van der Waals surface area (Å²) in [5.74, 6) is -1.84. The minimum absolute atomic E-state index is 0.101. The van der Waals surface area contributed by atoms with Crippen LogP contribution in [-0.2, 0) is 28.6 Å². The first kappa shape index (κ1) is 14.4. The number of hydrogen-bond acceptors (Lipinski definition) is 6. The van der Waals surface area contributed by atoms with Gasteiger partial charge in [0, 0.05) is 19.3 Å². The smallest absolute Gasteiger partial charge is 0.390 e. The number of hydrogen-bond donors (Lipinski definition) is 0. The molecule has 0 aromatic carbocycles. The molecule has 0 spiro atoms. The van der Waals surface area contributed by atoms with Crippen molar-refractivity contribution in [1.82, 2.24) is 0 Å². The second-order valence-electron chi connectivity index (χ2n) is 2.82. The molecule has 0 aromatic heterocycles. The monoisotopic (exact) mass is 232 g/mol. The largest absolute Gasteiger partial charge is 0.412 e. The van der Waals surface area contributed by atoms with E-state index in [2.05, 4.69) is 14.2 Å². The van der Waals surface area contributed by atoms with Gasteiger partial charge in [-0.2, -0.15) is 0 Å². The van der Waals surface area contributed by atoms with Crippen LogP contribution in [0.2, 0.25) is 0 Å². The molecule has 0 bridgehead atoms. The molecule has 0 amide bonds. The van der Waals surface area contributed by atoms with Crippen molar-refractivity contribution < 1.29 is 28.6 Å². The lowest BCUT2D eigenvalue weighted by molar-refractivity contribution is -0.257. The van der Waals surface area contributed by atoms with E-state index in [4.69, 9.17) is 0 Å². The fourth-order valence-corrected chi connectivity index (χ4v) is 0.644. The molecular formula is C10H16O6. The molecule has 0 atom stereocenters. The Bertz CT molecular complexity index is 217. The maximum absolute atomic E-state index is 11.0. The van der Waals surface area contributed by atoms with Crippen molar-refractivity contribution in [3.63, 3.8) is 0 Å². The van der Waals surface area contributed by atoms with Gasteiger partial charge in [-0.25, -0.2) is 0 Å². The Hall–Kier alpha value is -1.59. The van der Waals surface area contributed by atoms with Crippen LogP contribution in [0.4, 0.5) is 0 Å². The second-order valence-corrected chi connectivity index (χ2v) is 2.82. The molecule has 0 fully saturated rings. The lowest BCUT2D eigenvalue weighted by Crippen LogP contribution is -2.29. The van der Waals surface area contributed by atoms with E-state index < -0.39 is 24.4 Å². The van der Waals surface area contributed by atoms with Crippen molar-refractivity contribution >= 4 is 17.9 Å². The molecule has 0 heterocycles. The summed E-state index contributed by atoms with van der Waals surface area (Å²) in [5.41, 5.74) is 0. The molecule has 6 nitrogen and oxygen atoms in total. The summed E-state index contributed by atoms with van der Waals surface area (Å²) in [7, 11) is 0. The van der Waals surface area contributed by atoms with Crippen LogP contribution >= 0.6 is 0 Å². The number of carbonyl (C=O) groups excluding carboxylic acids is 3. The zero-order valence-electron chi connectivity index (χ0n) is 9.65. The van der Waals surface area contributed by atoms with Gasteiger partial charge in [-0.05, 0) is 0 Å². The summed E-state index contributed by atoms with van der Waals surface area (Å²) >= 11 is 0. The van der Waals surface area contributed by atoms with Crippen LogP contribution in [0.25, 0.3) is 0 Å². The summed E-state index contributed by atoms with van der Waals surface area (Å²) in [5, 5.41) is 0. The Balaban J connectivity index is 4.31. The number of carbonyl (C=O) groups is 3. The van der Waals surface area contributed by atoms with Gasteiger partial charge in [0.1, 0.15) is 0 Å². The Kier molecular flexibility index (Phi) is 6.91. The average Bonchev–Trinajstić information content (AvgIpc) is 2.28. The topological polar surface area (TPSA) is 78.9 Å². The van der Waals surface area contributed by atoms with Gasteiger partial charge in [0.15, 0.2) is 0 Å². The van der Waals surface area contributed by atoms with E-state index >= 15 is 0 Å². The molecule has 0 radical (unpaired) electrons. The molecule has 92 valence electrons. The predicted molar refractivity (Wildman–Crippen MR) is 52.9 cm³/mol. The van der Waals surface area contributed by atoms with Crippen LogP contribution in [0.3, 0.4) is 0 Å². The van der Waals surface area contributed by atoms with Crippen molar-refractivity contribution in [2.24, 2.45) is 0 Å². The minimum Gasteiger partial charge on any atom is -0.390 e. The van der Waals surface area contributed by atoms with Gasteiger partial charge >= 0.3 is 24.4 Å². The van der Waals surface area contributed by atoms with Gasteiger partial charge in [0.25, 0.3) is 0 Å². The number of ether oxygens (including phenoxy) is 3. The van der Waals surface area contributed by atoms with Crippen molar-refractivity contribution in [2.45, 2.75) is 46.5 Å². The average molecular weight is 232 g/mol. The Morgan fingerprint density at radius 2 is 1.00 bits per heavy atom. The van der Waals surface area contributed by atoms with Gasteiger partial charge in [0.05, 0.1) is 0 Å². The van der Waals surface area contributed by atoms with Crippen molar-refractivity contribution in [3.8, 4) is 0 Å². The van der Waals surface area contributed by atoms with Crippen LogP contribution in [0.1, 0.15) is 40.0 Å². The van der Waals surface area contributed by atoms with Gasteiger partial charge < -0.3 is 14.2 Å². The zero-order chi connectivity index (χ0) is 12.6. The summed E-state index contributed by atoms with van der Waals surface area (Å²) < 4.78 is 13.9. The van der Waals surface area contributed by atoms with Gasteiger partial charge in [0.2, 0.25) is 0 Å². The van der Waals surface area contributed by atoms with E-state index in [-0.39, 0.29) is 19.3 Å². The highest BCUT2D eigenvalue weighted by atomic mass is 16.9. The van der Waals surface area contributed by atoms with Crippen LogP contribution in [0, 0.1) is 0 Å². The van der Waals surface area contributed by atoms with E-state index in [1.807, 2.05) is 0 Å². The van der Waals surface area contributed by atoms with Gasteiger partial charge in [-0.1, -0.05) is 20.8 Å². The van der Waals surface area contributed by atoms with Crippen molar-refractivity contribution in [1.29, 1.82) is 0 Å². The Labute approximate surface area is 93.8 Å². The van der Waals surface area contributed by atoms with Gasteiger partial charge in [-0.3, -0.25) is 14.4 Å². The van der Waals surface area contributed by atoms with E-state index in [0.717, 1.165) is 0 Å². The summed E-state index contributed by atoms with van der Waals surface area (Å²) in [6.45, 7) is 3.14. The molecule has 0 aliphatic rings. The Morgan fingerprint density at radius 1 is 0.750 bits per heavy atom. The first-order chi connectivity index (χ1) is 7.53. The minimum atomic E-state index is -1.58. The number of esters is 3. The first-order valence-electron chi connectivity index (χ1n) is 5.11. The quantitative estimate of drug-likeness (QED) is 0.504. The molecule has 0 aliphatic heterocycles. The molecule has 0 saturated heterocycles. The molecule has 0 saturated carbocycles. The second kappa shape index (κ2) is 7.67. The number of rotatable bonds is 6. The summed E-state index contributed by atoms with van der Waals surface area (Å²) in [4.78, 5) is 32.9. The molecule has 0 aromatic rings. The first-order valence-corrected chi connectivity index (χ1v) is 5.11. The third-order valence-corrected chi connectivity index (χ3v) is 1.55. The van der Waals surface area contributed by atoms with Crippen LogP contribution < -0.4 is 0 Å². The molecule has 0 rings (SSSR count). The maximum Gasteiger partial charge on any atom is 0.412 e. The standard InChI is InChI=1S/C10H16O6/c1-4-7(11)14-10(15-8(12)5-2)16-9(13)6-3/h10H,4-6H2,1-3H3. The van der Waals surface area contributed by atoms with Crippen molar-refractivity contribution in [2.75, 3.05) is 0 Å². The summed E-state index contributed by atoms with van der Waals surface area (Å²) in [6.07, 6.45) is 0.303. The normalized spacial score (nSPS) is 9.75. The zero-order valence-corrected chi connectivity index (χ0v) is 9.65. The van der Waals surface area contributed by atoms with E-state index in [1.54, 1.807) is 20.8 Å². The molecule has 16 heavy (non-hydrogen) atoms. The molecule has 0 aliphatic carbocycles. The molecule has 6 heteroatoms. The summed E-state index contributed by atoms with van der Waals surface area (Å²) in [6, 6.07) is 0. The van der Waals surface area contributed by atoms with E-state index in [1.165, 1.54) is 0 Å². The highest BCUT2D eigenvalue weighted by Gasteiger charge is 2.21. The Morgan fingerprint density at radius 3 is 1.19 bits per heavy atom. The molecule has 0 N–H and O–H groups in total. The fraction of sp³-hybridized carbons (Fsp3) is 0.700. The third-order valence-electron chi connectivity index (χ3n) is 1.55. The van der Waals surface area contributed by atoms with Crippen LogP contribution in [0.15, 0.2) is 0 Å². The maximum atomic E-state index is 11.0. The van der Waals surface area contributed by atoms with Crippen LogP contribution in [0.5, 0.6) is 0 Å². The van der Waals surface area contributed by atoms with Crippen molar-refractivity contribution in [3.05, 3.63) is 0 Å².